The molecule has 2 aromatic carbocycles. The summed E-state index contributed by atoms with van der Waals surface area (Å²) in [5.74, 6) is -1.78. The van der Waals surface area contributed by atoms with Gasteiger partial charge in [-0.2, -0.15) is 0 Å². The third-order valence-corrected chi connectivity index (χ3v) is 14.0. The van der Waals surface area contributed by atoms with Gasteiger partial charge in [0.05, 0.1) is 22.5 Å². The van der Waals surface area contributed by atoms with Crippen molar-refractivity contribution in [1.82, 2.24) is 9.47 Å². The van der Waals surface area contributed by atoms with Gasteiger partial charge in [0.2, 0.25) is 17.7 Å². The fourth-order valence-corrected chi connectivity index (χ4v) is 12.2. The zero-order chi connectivity index (χ0) is 32.1. The van der Waals surface area contributed by atoms with Crippen LogP contribution in [0.1, 0.15) is 68.4 Å². The van der Waals surface area contributed by atoms with E-state index in [9.17, 15) is 23.6 Å². The molecule has 10 heteroatoms. The Kier molecular flexibility index (Phi) is 7.14. The van der Waals surface area contributed by atoms with Crippen molar-refractivity contribution < 1.29 is 18.8 Å². The minimum Gasteiger partial charge on any atom is -0.341 e. The van der Waals surface area contributed by atoms with Crippen LogP contribution < -0.4 is 9.77 Å². The lowest BCUT2D eigenvalue weighted by Gasteiger charge is -2.43. The van der Waals surface area contributed by atoms with Crippen molar-refractivity contribution >= 4 is 46.5 Å². The van der Waals surface area contributed by atoms with Crippen LogP contribution in [0.25, 0.3) is 0 Å². The maximum absolute atomic E-state index is 14.0. The molecule has 7 unspecified atom stereocenters. The van der Waals surface area contributed by atoms with Crippen LogP contribution in [0.3, 0.4) is 0 Å². The number of halogens is 1. The molecule has 0 N–H and O–H groups in total. The molecule has 3 aromatic rings. The predicted octanol–water partition coefficient (Wildman–Crippen LogP) is 6.04. The summed E-state index contributed by atoms with van der Waals surface area (Å²) in [6.07, 6.45) is 3.88. The van der Waals surface area contributed by atoms with Crippen molar-refractivity contribution in [2.75, 3.05) is 18.0 Å². The highest BCUT2D eigenvalue weighted by Crippen LogP contribution is 2.69. The molecule has 3 amide bonds. The maximum Gasteiger partial charge on any atom is 0.308 e. The maximum atomic E-state index is 14.0. The van der Waals surface area contributed by atoms with Crippen molar-refractivity contribution in [3.05, 3.63) is 80.0 Å². The third-order valence-electron chi connectivity index (χ3n) is 11.2. The normalized spacial score (nSPS) is 30.0. The number of carbonyl (C=O) groups excluding carboxylic acids is 3. The number of carbonyl (C=O) groups is 3. The molecule has 0 radical (unpaired) electrons. The number of piperidine rings is 1. The van der Waals surface area contributed by atoms with Gasteiger partial charge in [0.15, 0.2) is 0 Å². The molecular weight excluding hydrogens is 622 g/mol. The highest BCUT2D eigenvalue weighted by atomic mass is 32.2. The third kappa shape index (κ3) is 4.57. The Bertz CT molecular complexity index is 1790. The summed E-state index contributed by atoms with van der Waals surface area (Å²) >= 11 is 2.89. The standard InChI is InChI=1S/C36H38FN3O4S2/c1-36(2,3)20-9-7-19(8-10-20)26-27-23-17-24(29-28(23)32(42)40(33(29)43)22-13-11-21(37)12-14-22)30(27)45-34-31(26)46-35(44)39(34)18-25(41)38-15-5-4-6-16-38/h7-14,23-24,26-30H,4-6,15-18H2,1-3H3. The highest BCUT2D eigenvalue weighted by Gasteiger charge is 2.69. The number of imide groups is 1. The molecule has 2 saturated carbocycles. The average Bonchev–Trinajstić information content (AvgIpc) is 3.76. The van der Waals surface area contributed by atoms with Gasteiger partial charge in [0, 0.05) is 29.1 Å². The molecule has 4 fully saturated rings. The van der Waals surface area contributed by atoms with Crippen LogP contribution in [-0.4, -0.2) is 45.5 Å². The molecule has 5 aliphatic rings. The molecule has 46 heavy (non-hydrogen) atoms. The predicted molar refractivity (Wildman–Crippen MR) is 177 cm³/mol. The molecule has 2 aliphatic carbocycles. The smallest absolute Gasteiger partial charge is 0.308 e. The second kappa shape index (κ2) is 10.9. The summed E-state index contributed by atoms with van der Waals surface area (Å²) in [7, 11) is 0. The lowest BCUT2D eigenvalue weighted by atomic mass is 9.68. The fourth-order valence-electron chi connectivity index (χ4n) is 9.04. The van der Waals surface area contributed by atoms with E-state index in [1.54, 1.807) is 16.3 Å². The molecule has 3 aliphatic heterocycles. The van der Waals surface area contributed by atoms with E-state index in [0.29, 0.717) is 5.69 Å². The first-order valence-electron chi connectivity index (χ1n) is 16.4. The van der Waals surface area contributed by atoms with E-state index in [-0.39, 0.29) is 63.5 Å². The van der Waals surface area contributed by atoms with Crippen LogP contribution in [-0.2, 0) is 26.3 Å². The van der Waals surface area contributed by atoms with Crippen molar-refractivity contribution in [2.45, 2.75) is 74.6 Å². The van der Waals surface area contributed by atoms with Gasteiger partial charge in [0.25, 0.3) is 0 Å². The van der Waals surface area contributed by atoms with Crippen molar-refractivity contribution in [1.29, 1.82) is 0 Å². The van der Waals surface area contributed by atoms with E-state index in [1.165, 1.54) is 46.1 Å². The van der Waals surface area contributed by atoms with Crippen LogP contribution in [0.4, 0.5) is 10.1 Å². The topological polar surface area (TPSA) is 79.7 Å². The number of hydrogen-bond acceptors (Lipinski definition) is 6. The quantitative estimate of drug-likeness (QED) is 0.320. The first-order chi connectivity index (χ1) is 22.0. The Balaban J connectivity index is 1.20. The molecular formula is C36H38FN3O4S2. The summed E-state index contributed by atoms with van der Waals surface area (Å²) in [4.78, 5) is 59.1. The number of benzene rings is 2. The number of nitrogens with zero attached hydrogens (tertiary/aromatic N) is 3. The van der Waals surface area contributed by atoms with E-state index < -0.39 is 17.7 Å². The lowest BCUT2D eigenvalue weighted by molar-refractivity contribution is -0.133. The minimum absolute atomic E-state index is 0.0162. The van der Waals surface area contributed by atoms with Crippen molar-refractivity contribution in [2.24, 2.45) is 29.6 Å². The molecule has 1 aromatic heterocycles. The van der Waals surface area contributed by atoms with Crippen LogP contribution in [0, 0.1) is 35.4 Å². The second-order valence-corrected chi connectivity index (χ2v) is 16.8. The minimum atomic E-state index is -0.435. The van der Waals surface area contributed by atoms with Gasteiger partial charge >= 0.3 is 4.87 Å². The monoisotopic (exact) mass is 659 g/mol. The van der Waals surface area contributed by atoms with Gasteiger partial charge < -0.3 is 4.90 Å². The molecule has 7 nitrogen and oxygen atoms in total. The van der Waals surface area contributed by atoms with Crippen LogP contribution in [0.5, 0.6) is 0 Å². The summed E-state index contributed by atoms with van der Waals surface area (Å²) < 4.78 is 15.4. The number of hydrogen-bond donors (Lipinski definition) is 0. The number of rotatable bonds is 4. The molecule has 0 spiro atoms. The lowest BCUT2D eigenvalue weighted by Crippen LogP contribution is -2.43. The van der Waals surface area contributed by atoms with Crippen LogP contribution in [0.2, 0.25) is 0 Å². The number of anilines is 1. The van der Waals surface area contributed by atoms with Crippen LogP contribution in [0.15, 0.2) is 58.4 Å². The zero-order valence-electron chi connectivity index (χ0n) is 26.3. The number of amides is 3. The number of likely N-dealkylation sites (tertiary alicyclic amines) is 1. The molecule has 7 atom stereocenters. The van der Waals surface area contributed by atoms with Crippen LogP contribution >= 0.6 is 23.1 Å². The molecule has 8 rings (SSSR count). The highest BCUT2D eigenvalue weighted by molar-refractivity contribution is 8.00. The van der Waals surface area contributed by atoms with E-state index in [0.717, 1.165) is 54.2 Å². The van der Waals surface area contributed by atoms with E-state index in [2.05, 4.69) is 45.0 Å². The largest absolute Gasteiger partial charge is 0.341 e. The summed E-state index contributed by atoms with van der Waals surface area (Å²) in [5.41, 5.74) is 2.73. The number of aromatic nitrogens is 1. The van der Waals surface area contributed by atoms with E-state index in [1.807, 2.05) is 4.90 Å². The van der Waals surface area contributed by atoms with Gasteiger partial charge in [-0.15, -0.1) is 11.8 Å². The Labute approximate surface area is 276 Å². The summed E-state index contributed by atoms with van der Waals surface area (Å²) in [6.45, 7) is 8.04. The van der Waals surface area contributed by atoms with Gasteiger partial charge in [-0.05, 0) is 84.2 Å². The first kappa shape index (κ1) is 30.1. The zero-order valence-corrected chi connectivity index (χ0v) is 27.9. The Morgan fingerprint density at radius 3 is 2.20 bits per heavy atom. The summed E-state index contributed by atoms with van der Waals surface area (Å²) in [5, 5.41) is 0.879. The fraction of sp³-hybridized carbons (Fsp3) is 0.500. The number of thiazole rings is 1. The van der Waals surface area contributed by atoms with Gasteiger partial charge in [0.1, 0.15) is 12.4 Å². The second-order valence-electron chi connectivity index (χ2n) is 14.7. The SMILES string of the molecule is CC(C)(C)c1ccc(C2c3sc(=O)n(CC(=O)N4CCCCC4)c3SC3C4CC(C5C(=O)N(c6ccc(F)cc6)C(=O)C45)C23)cc1. The molecule has 4 heterocycles. The van der Waals surface area contributed by atoms with Crippen molar-refractivity contribution in [3.8, 4) is 0 Å². The molecule has 2 saturated heterocycles. The Morgan fingerprint density at radius 1 is 0.891 bits per heavy atom. The van der Waals surface area contributed by atoms with Gasteiger partial charge in [-0.1, -0.05) is 56.4 Å². The number of fused-ring (bicyclic) bond motifs is 9. The van der Waals surface area contributed by atoms with Gasteiger partial charge in [-0.3, -0.25) is 28.6 Å². The Morgan fingerprint density at radius 2 is 1.54 bits per heavy atom. The number of thioether (sulfide) groups is 1. The van der Waals surface area contributed by atoms with E-state index in [4.69, 9.17) is 0 Å². The molecule has 2 bridgehead atoms. The summed E-state index contributed by atoms with van der Waals surface area (Å²) in [6, 6.07) is 14.3. The van der Waals surface area contributed by atoms with Gasteiger partial charge in [-0.25, -0.2) is 4.39 Å². The van der Waals surface area contributed by atoms with E-state index >= 15 is 0 Å². The first-order valence-corrected chi connectivity index (χ1v) is 18.1. The average molecular weight is 660 g/mol. The molecule has 240 valence electrons. The van der Waals surface area contributed by atoms with Crippen molar-refractivity contribution in [3.63, 3.8) is 0 Å². The Hall–Kier alpha value is -3.24.